The Hall–Kier alpha value is -2.75. The van der Waals surface area contributed by atoms with Crippen LogP contribution in [0.5, 0.6) is 0 Å². The predicted molar refractivity (Wildman–Crippen MR) is 129 cm³/mol. The summed E-state index contributed by atoms with van der Waals surface area (Å²) < 4.78 is 80.1. The van der Waals surface area contributed by atoms with Gasteiger partial charge in [0.15, 0.2) is 0 Å². The number of nitrogens with zero attached hydrogens (tertiary/aromatic N) is 1. The maximum atomic E-state index is 13.3. The van der Waals surface area contributed by atoms with Gasteiger partial charge in [-0.1, -0.05) is 31.4 Å². The van der Waals surface area contributed by atoms with E-state index < -0.39 is 40.8 Å². The van der Waals surface area contributed by atoms with Crippen LogP contribution in [0.25, 0.3) is 0 Å². The third-order valence-corrected chi connectivity index (χ3v) is 7.47. The van der Waals surface area contributed by atoms with Crippen molar-refractivity contribution in [3.63, 3.8) is 0 Å². The van der Waals surface area contributed by atoms with Gasteiger partial charge in [-0.15, -0.1) is 0 Å². The third kappa shape index (κ3) is 6.22. The summed E-state index contributed by atoms with van der Waals surface area (Å²) in [7, 11) is 0. The maximum absolute atomic E-state index is 13.3. The molecule has 2 fully saturated rings. The number of alkyl halides is 6. The average molecular weight is 528 g/mol. The number of rotatable bonds is 5. The molecular formula is C27H31F6N3O. The summed E-state index contributed by atoms with van der Waals surface area (Å²) in [6.07, 6.45) is -5.93. The van der Waals surface area contributed by atoms with E-state index >= 15 is 0 Å². The smallest absolute Gasteiger partial charge is 0.369 e. The van der Waals surface area contributed by atoms with Crippen molar-refractivity contribution in [1.29, 1.82) is 0 Å². The lowest BCUT2D eigenvalue weighted by Gasteiger charge is -2.40. The highest BCUT2D eigenvalue weighted by Crippen LogP contribution is 2.40. The predicted octanol–water partition coefficient (Wildman–Crippen LogP) is 6.21. The summed E-state index contributed by atoms with van der Waals surface area (Å²) in [4.78, 5) is 15.6. The van der Waals surface area contributed by atoms with Crippen molar-refractivity contribution in [2.45, 2.75) is 62.8 Å². The van der Waals surface area contributed by atoms with Gasteiger partial charge in [-0.2, -0.15) is 26.3 Å². The molecule has 0 spiro atoms. The summed E-state index contributed by atoms with van der Waals surface area (Å²) in [6.45, 7) is 4.90. The van der Waals surface area contributed by atoms with Gasteiger partial charge in [0.2, 0.25) is 5.91 Å². The van der Waals surface area contributed by atoms with Gasteiger partial charge in [-0.05, 0) is 61.2 Å². The lowest BCUT2D eigenvalue weighted by Crippen LogP contribution is -2.48. The zero-order valence-electron chi connectivity index (χ0n) is 20.6. The Bertz CT molecular complexity index is 1050. The third-order valence-electron chi connectivity index (χ3n) is 7.47. The van der Waals surface area contributed by atoms with Crippen LogP contribution < -0.4 is 15.5 Å². The van der Waals surface area contributed by atoms with E-state index in [4.69, 9.17) is 0 Å². The molecule has 1 atom stereocenters. The Balaban J connectivity index is 1.60. The SMILES string of the molecule is CC(C(=O)NC1(c2ccc(N3CCNCC3)cc2)CCCCC1)c1cc(C(F)(F)F)cc(C(F)(F)F)c1. The van der Waals surface area contributed by atoms with E-state index in [1.807, 2.05) is 24.3 Å². The summed E-state index contributed by atoms with van der Waals surface area (Å²) in [5.74, 6) is -1.80. The number of hydrogen-bond donors (Lipinski definition) is 2. The van der Waals surface area contributed by atoms with Crippen molar-refractivity contribution < 1.29 is 31.1 Å². The highest BCUT2D eigenvalue weighted by molar-refractivity contribution is 5.84. The van der Waals surface area contributed by atoms with Crippen molar-refractivity contribution >= 4 is 11.6 Å². The molecule has 1 amide bonds. The summed E-state index contributed by atoms with van der Waals surface area (Å²) in [5, 5.41) is 6.35. The molecule has 2 aromatic carbocycles. The highest BCUT2D eigenvalue weighted by atomic mass is 19.4. The molecule has 4 nitrogen and oxygen atoms in total. The van der Waals surface area contributed by atoms with E-state index in [0.29, 0.717) is 25.0 Å². The molecule has 0 radical (unpaired) electrons. The van der Waals surface area contributed by atoms with Crippen LogP contribution in [0.2, 0.25) is 0 Å². The fourth-order valence-electron chi connectivity index (χ4n) is 5.28. The maximum Gasteiger partial charge on any atom is 0.416 e. The van der Waals surface area contributed by atoms with Gasteiger partial charge in [0, 0.05) is 31.9 Å². The standard InChI is InChI=1S/C27H31F6N3O/c1-18(19-15-21(26(28,29)30)17-22(16-19)27(31,32)33)24(37)35-25(9-3-2-4-10-25)20-5-7-23(8-6-20)36-13-11-34-12-14-36/h5-8,15-18,34H,2-4,9-14H2,1H3,(H,35,37). The summed E-state index contributed by atoms with van der Waals surface area (Å²) in [5.41, 5.74) is -1.92. The molecule has 2 N–H and O–H groups in total. The Kier molecular flexibility index (Phi) is 7.78. The second kappa shape index (κ2) is 10.6. The van der Waals surface area contributed by atoms with Gasteiger partial charge >= 0.3 is 12.4 Å². The largest absolute Gasteiger partial charge is 0.416 e. The number of benzene rings is 2. The zero-order chi connectivity index (χ0) is 26.8. The van der Waals surface area contributed by atoms with Gasteiger partial charge in [0.1, 0.15) is 0 Å². The highest BCUT2D eigenvalue weighted by Gasteiger charge is 2.40. The Labute approximate surface area is 212 Å². The fourth-order valence-corrected chi connectivity index (χ4v) is 5.28. The first-order valence-electron chi connectivity index (χ1n) is 12.6. The van der Waals surface area contributed by atoms with Crippen molar-refractivity contribution in [2.75, 3.05) is 31.1 Å². The monoisotopic (exact) mass is 527 g/mol. The van der Waals surface area contributed by atoms with Crippen LogP contribution in [0, 0.1) is 0 Å². The molecule has 0 aromatic heterocycles. The molecule has 1 aliphatic carbocycles. The van der Waals surface area contributed by atoms with Crippen LogP contribution in [0.15, 0.2) is 42.5 Å². The van der Waals surface area contributed by atoms with Crippen LogP contribution in [0.1, 0.15) is 67.2 Å². The topological polar surface area (TPSA) is 44.4 Å². The molecule has 0 bridgehead atoms. The molecule has 2 aromatic rings. The molecule has 10 heteroatoms. The number of piperazine rings is 1. The van der Waals surface area contributed by atoms with Gasteiger partial charge < -0.3 is 15.5 Å². The molecule has 2 aliphatic rings. The minimum absolute atomic E-state index is 0.0801. The molecule has 37 heavy (non-hydrogen) atoms. The summed E-state index contributed by atoms with van der Waals surface area (Å²) in [6, 6.07) is 9.31. The van der Waals surface area contributed by atoms with Gasteiger partial charge in [0.05, 0.1) is 22.6 Å². The number of anilines is 1. The van der Waals surface area contributed by atoms with Crippen LogP contribution in [0.4, 0.5) is 32.0 Å². The molecule has 1 unspecified atom stereocenters. The molecule has 4 rings (SSSR count). The molecular weight excluding hydrogens is 496 g/mol. The first-order valence-corrected chi connectivity index (χ1v) is 12.6. The number of hydrogen-bond acceptors (Lipinski definition) is 3. The van der Waals surface area contributed by atoms with E-state index in [-0.39, 0.29) is 11.6 Å². The lowest BCUT2D eigenvalue weighted by atomic mass is 9.76. The zero-order valence-corrected chi connectivity index (χ0v) is 20.6. The van der Waals surface area contributed by atoms with Crippen LogP contribution >= 0.6 is 0 Å². The lowest BCUT2D eigenvalue weighted by molar-refractivity contribution is -0.143. The first-order chi connectivity index (χ1) is 17.4. The van der Waals surface area contributed by atoms with Gasteiger partial charge in [-0.3, -0.25) is 4.79 Å². The number of nitrogens with one attached hydrogen (secondary N) is 2. The molecule has 202 valence electrons. The van der Waals surface area contributed by atoms with Gasteiger partial charge in [-0.25, -0.2) is 0 Å². The Morgan fingerprint density at radius 2 is 1.43 bits per heavy atom. The van der Waals surface area contributed by atoms with Crippen LogP contribution in [0.3, 0.4) is 0 Å². The van der Waals surface area contributed by atoms with Crippen LogP contribution in [-0.2, 0) is 22.7 Å². The minimum Gasteiger partial charge on any atom is -0.369 e. The number of halogens is 6. The van der Waals surface area contributed by atoms with E-state index in [1.165, 1.54) is 6.92 Å². The van der Waals surface area contributed by atoms with E-state index in [1.54, 1.807) is 0 Å². The van der Waals surface area contributed by atoms with Gasteiger partial charge in [0.25, 0.3) is 0 Å². The Morgan fingerprint density at radius 3 is 1.95 bits per heavy atom. The molecule has 1 saturated carbocycles. The van der Waals surface area contributed by atoms with E-state index in [0.717, 1.165) is 56.7 Å². The number of carbonyl (C=O) groups is 1. The molecule has 1 aliphatic heterocycles. The minimum atomic E-state index is -4.97. The molecule has 1 saturated heterocycles. The number of amides is 1. The average Bonchev–Trinajstić information content (AvgIpc) is 2.88. The van der Waals surface area contributed by atoms with Crippen molar-refractivity contribution in [3.8, 4) is 0 Å². The van der Waals surface area contributed by atoms with Crippen molar-refractivity contribution in [1.82, 2.24) is 10.6 Å². The van der Waals surface area contributed by atoms with E-state index in [2.05, 4.69) is 15.5 Å². The first kappa shape index (κ1) is 27.3. The normalized spacial score (nSPS) is 19.4. The second-order valence-electron chi connectivity index (χ2n) is 9.98. The fraction of sp³-hybridized carbons (Fsp3) is 0.519. The van der Waals surface area contributed by atoms with Crippen molar-refractivity contribution in [2.24, 2.45) is 0 Å². The number of carbonyl (C=O) groups excluding carboxylic acids is 1. The van der Waals surface area contributed by atoms with Crippen molar-refractivity contribution in [3.05, 3.63) is 64.7 Å². The molecule has 1 heterocycles. The van der Waals surface area contributed by atoms with Crippen LogP contribution in [-0.4, -0.2) is 32.1 Å². The summed E-state index contributed by atoms with van der Waals surface area (Å²) >= 11 is 0. The Morgan fingerprint density at radius 1 is 0.892 bits per heavy atom. The van der Waals surface area contributed by atoms with E-state index in [9.17, 15) is 31.1 Å². The quantitative estimate of drug-likeness (QED) is 0.455. The second-order valence-corrected chi connectivity index (χ2v) is 9.98.